The Balaban J connectivity index is 0.000000353. The van der Waals surface area contributed by atoms with Gasteiger partial charge in [-0.05, 0) is 75.3 Å². The first-order valence-electron chi connectivity index (χ1n) is 21.6. The summed E-state index contributed by atoms with van der Waals surface area (Å²) < 4.78 is 5.94. The van der Waals surface area contributed by atoms with Crippen molar-refractivity contribution in [2.24, 2.45) is 0 Å². The second-order valence-corrected chi connectivity index (χ2v) is 16.1. The van der Waals surface area contributed by atoms with Gasteiger partial charge in [-0.1, -0.05) is 55.0 Å². The van der Waals surface area contributed by atoms with E-state index >= 15 is 0 Å². The van der Waals surface area contributed by atoms with Crippen molar-refractivity contribution < 1.29 is 34.5 Å². The summed E-state index contributed by atoms with van der Waals surface area (Å²) in [5.74, 6) is -1.22. The number of rotatable bonds is 21. The van der Waals surface area contributed by atoms with Gasteiger partial charge in [-0.15, -0.1) is 0 Å². The van der Waals surface area contributed by atoms with Crippen LogP contribution in [-0.2, 0) is 64.6 Å². The Morgan fingerprint density at radius 1 is 0.646 bits per heavy atom. The molecule has 0 saturated heterocycles. The molecule has 4 aromatic heterocycles. The number of amides is 1. The van der Waals surface area contributed by atoms with Crippen molar-refractivity contribution in [1.82, 2.24) is 43.5 Å². The van der Waals surface area contributed by atoms with Crippen LogP contribution in [0.1, 0.15) is 114 Å². The summed E-state index contributed by atoms with van der Waals surface area (Å²) in [6.07, 6.45) is 29.2. The summed E-state index contributed by atoms with van der Waals surface area (Å²) in [4.78, 5) is 65.8. The van der Waals surface area contributed by atoms with E-state index in [0.717, 1.165) is 113 Å². The number of carbonyl (C=O) groups excluding carboxylic acids is 1. The van der Waals surface area contributed by atoms with Crippen molar-refractivity contribution in [2.75, 3.05) is 17.2 Å². The quantitative estimate of drug-likeness (QED) is 0.0403. The molecule has 4 N–H and O–H groups in total. The maximum atomic E-state index is 12.6. The van der Waals surface area contributed by atoms with Gasteiger partial charge in [0.2, 0.25) is 11.9 Å². The second kappa shape index (κ2) is 31.9. The van der Waals surface area contributed by atoms with Gasteiger partial charge in [-0.25, -0.2) is 24.9 Å². The zero-order valence-corrected chi connectivity index (χ0v) is 37.5. The number of aryl methyl sites for hydroxylation is 3. The Morgan fingerprint density at radius 2 is 1.11 bits per heavy atom. The molecular weight excluding hydrogens is 896 g/mol. The molecule has 0 unspecified atom stereocenters. The largest absolute Gasteiger partial charge is 0.481 e. The zero-order chi connectivity index (χ0) is 45.1. The van der Waals surface area contributed by atoms with E-state index in [-0.39, 0.29) is 33.6 Å². The molecule has 2 aliphatic rings. The van der Waals surface area contributed by atoms with E-state index in [2.05, 4.69) is 70.0 Å². The molecule has 5 heterocycles. The lowest BCUT2D eigenvalue weighted by Gasteiger charge is -2.28. The number of fused-ring (bicyclic) bond motifs is 2. The number of nitrogens with zero attached hydrogens (tertiary/aromatic N) is 9. The predicted octanol–water partition coefficient (Wildman–Crippen LogP) is 8.19. The molecule has 17 nitrogen and oxygen atoms in total. The molecule has 65 heavy (non-hydrogen) atoms. The minimum atomic E-state index is -0.722. The number of aliphatic carboxylic acids is 3. The Kier molecular flexibility index (Phi) is 27.1. The SMILES string of the molecule is C.C.O=C(CCCCn1ccnc1)N1CCc2nc(NC3Cc4ccccc4C3)ncc2C1.O=C(O)CCCCBr.O=C(O)CCCCn1ccnc1.O=C(O)CCCCn1ccnc1. The number of alkyl halides is 1. The third kappa shape index (κ3) is 22.5. The Hall–Kier alpha value is -5.91. The number of hydrogen-bond donors (Lipinski definition) is 4. The van der Waals surface area contributed by atoms with Gasteiger partial charge in [0.15, 0.2) is 0 Å². The maximum Gasteiger partial charge on any atom is 0.303 e. The van der Waals surface area contributed by atoms with Gasteiger partial charge in [-0.2, -0.15) is 0 Å². The van der Waals surface area contributed by atoms with Gasteiger partial charge < -0.3 is 39.2 Å². The molecule has 7 rings (SSSR count). The van der Waals surface area contributed by atoms with Gasteiger partial charge in [0, 0.05) is 125 Å². The second-order valence-electron chi connectivity index (χ2n) is 15.3. The van der Waals surface area contributed by atoms with E-state index in [9.17, 15) is 19.2 Å². The minimum Gasteiger partial charge on any atom is -0.481 e. The number of imidazole rings is 3. The highest BCUT2D eigenvalue weighted by Crippen LogP contribution is 2.25. The molecule has 5 aromatic rings. The van der Waals surface area contributed by atoms with Crippen molar-refractivity contribution in [1.29, 1.82) is 0 Å². The fourth-order valence-corrected chi connectivity index (χ4v) is 7.34. The number of halogens is 1. The minimum absolute atomic E-state index is 0. The summed E-state index contributed by atoms with van der Waals surface area (Å²) in [6.45, 7) is 3.97. The van der Waals surface area contributed by atoms with Crippen LogP contribution in [0, 0.1) is 0 Å². The standard InChI is InChI=1S/C24H28N6O.2C8H12N2O2.C5H9BrO2.2CH4/c31-23(7-3-4-10-29-12-9-25-17-29)30-11-8-22-20(16-30)15-26-24(28-22)27-21-13-18-5-1-2-6-19(18)14-21;2*11-8(12)3-1-2-5-10-6-4-9-7-10;6-4-2-1-3-5(7)8;;/h1-2,5-6,9,12,15,17,21H,3-4,7-8,10-11,13-14,16H2,(H,26,27,28);2*4,6-7H,1-3,5H2,(H,11,12);1-4H2,(H,7,8);2*1H4. The molecule has 0 atom stereocenters. The Morgan fingerprint density at radius 3 is 1.54 bits per heavy atom. The third-order valence-electron chi connectivity index (χ3n) is 10.3. The Labute approximate surface area is 391 Å². The van der Waals surface area contributed by atoms with Crippen LogP contribution in [0.15, 0.2) is 86.6 Å². The van der Waals surface area contributed by atoms with Crippen LogP contribution < -0.4 is 5.32 Å². The lowest BCUT2D eigenvalue weighted by molar-refractivity contribution is -0.138. The molecule has 0 saturated carbocycles. The van der Waals surface area contributed by atoms with E-state index < -0.39 is 17.9 Å². The van der Waals surface area contributed by atoms with Crippen LogP contribution in [0.4, 0.5) is 5.95 Å². The van der Waals surface area contributed by atoms with E-state index in [1.54, 1.807) is 31.2 Å². The molecule has 1 amide bonds. The number of carboxylic acids is 3. The highest BCUT2D eigenvalue weighted by Gasteiger charge is 2.24. The number of hydrogen-bond acceptors (Lipinski definition) is 10. The number of benzene rings is 1. The fraction of sp³-hybridized carbons (Fsp3) is 0.511. The topological polar surface area (TPSA) is 223 Å². The van der Waals surface area contributed by atoms with Gasteiger partial charge >= 0.3 is 17.9 Å². The van der Waals surface area contributed by atoms with Crippen LogP contribution in [0.5, 0.6) is 0 Å². The molecule has 0 bridgehead atoms. The van der Waals surface area contributed by atoms with Crippen LogP contribution in [0.25, 0.3) is 0 Å². The van der Waals surface area contributed by atoms with Crippen molar-refractivity contribution >= 4 is 45.7 Å². The number of unbranched alkanes of at least 4 members (excludes halogenated alkanes) is 4. The lowest BCUT2D eigenvalue weighted by atomic mass is 10.1. The molecule has 1 aromatic carbocycles. The van der Waals surface area contributed by atoms with E-state index in [4.69, 9.17) is 20.3 Å². The predicted molar refractivity (Wildman–Crippen MR) is 255 cm³/mol. The highest BCUT2D eigenvalue weighted by molar-refractivity contribution is 9.09. The van der Waals surface area contributed by atoms with Crippen LogP contribution in [-0.4, -0.2) is 101 Å². The first-order chi connectivity index (χ1) is 30.6. The van der Waals surface area contributed by atoms with Crippen molar-refractivity contribution in [3.8, 4) is 0 Å². The lowest BCUT2D eigenvalue weighted by Crippen LogP contribution is -2.36. The number of aromatic nitrogens is 8. The molecule has 18 heteroatoms. The summed E-state index contributed by atoms with van der Waals surface area (Å²) in [7, 11) is 0. The Bertz CT molecular complexity index is 1990. The number of carboxylic acid groups (broad SMARTS) is 3. The first kappa shape index (κ1) is 55.2. The molecule has 0 spiro atoms. The van der Waals surface area contributed by atoms with Crippen LogP contribution >= 0.6 is 15.9 Å². The molecule has 0 radical (unpaired) electrons. The summed E-state index contributed by atoms with van der Waals surface area (Å²) >= 11 is 3.21. The first-order valence-corrected chi connectivity index (χ1v) is 22.8. The average Bonchev–Trinajstić information content (AvgIpc) is 4.13. The van der Waals surface area contributed by atoms with Crippen molar-refractivity contribution in [3.63, 3.8) is 0 Å². The molecule has 1 aliphatic carbocycles. The molecule has 356 valence electrons. The van der Waals surface area contributed by atoms with Gasteiger partial charge in [-0.3, -0.25) is 19.2 Å². The van der Waals surface area contributed by atoms with E-state index in [1.165, 1.54) is 11.1 Å². The zero-order valence-electron chi connectivity index (χ0n) is 35.9. The summed E-state index contributed by atoms with van der Waals surface area (Å²) in [5, 5.41) is 29.2. The monoisotopic (exact) mass is 964 g/mol. The third-order valence-corrected chi connectivity index (χ3v) is 10.9. The van der Waals surface area contributed by atoms with E-state index in [0.29, 0.717) is 31.4 Å². The fourth-order valence-electron chi connectivity index (χ4n) is 6.94. The molecular formula is C47H69BrN10O7. The van der Waals surface area contributed by atoms with Crippen LogP contribution in [0.3, 0.4) is 0 Å². The van der Waals surface area contributed by atoms with Gasteiger partial charge in [0.05, 0.1) is 24.7 Å². The number of nitrogens with one attached hydrogen (secondary N) is 1. The smallest absolute Gasteiger partial charge is 0.303 e. The van der Waals surface area contributed by atoms with Gasteiger partial charge in [0.1, 0.15) is 0 Å². The number of carbonyl (C=O) groups is 4. The van der Waals surface area contributed by atoms with Crippen LogP contribution in [0.2, 0.25) is 0 Å². The van der Waals surface area contributed by atoms with Crippen molar-refractivity contribution in [2.45, 2.75) is 143 Å². The van der Waals surface area contributed by atoms with Crippen molar-refractivity contribution in [3.05, 3.63) is 109 Å². The summed E-state index contributed by atoms with van der Waals surface area (Å²) in [6, 6.07) is 8.95. The number of anilines is 1. The summed E-state index contributed by atoms with van der Waals surface area (Å²) in [5.41, 5.74) is 4.96. The molecule has 0 fully saturated rings. The molecule has 1 aliphatic heterocycles. The maximum absolute atomic E-state index is 12.6. The normalized spacial score (nSPS) is 12.2. The highest BCUT2D eigenvalue weighted by atomic mass is 79.9. The van der Waals surface area contributed by atoms with E-state index in [1.807, 2.05) is 45.1 Å². The average molecular weight is 966 g/mol. The van der Waals surface area contributed by atoms with Gasteiger partial charge in [0.25, 0.3) is 0 Å².